The third kappa shape index (κ3) is 5.21. The van der Waals surface area contributed by atoms with E-state index in [1.165, 1.54) is 19.3 Å². The predicted molar refractivity (Wildman–Crippen MR) is 85.1 cm³/mol. The summed E-state index contributed by atoms with van der Waals surface area (Å²) in [5.74, 6) is 0.225. The Bertz CT molecular complexity index is 554. The fourth-order valence-corrected chi connectivity index (χ4v) is 2.78. The van der Waals surface area contributed by atoms with Crippen LogP contribution in [0.5, 0.6) is 0 Å². The topological polar surface area (TPSA) is 82.0 Å². The Morgan fingerprint density at radius 2 is 1.55 bits per heavy atom. The average molecular weight is 299 g/mol. The lowest BCUT2D eigenvalue weighted by Crippen LogP contribution is -2.18. The summed E-state index contributed by atoms with van der Waals surface area (Å²) >= 11 is 0. The Balaban J connectivity index is 1.81. The van der Waals surface area contributed by atoms with Gasteiger partial charge in [-0.15, -0.1) is 0 Å². The Kier molecular flexibility index (Phi) is 5.96. The van der Waals surface area contributed by atoms with Crippen molar-refractivity contribution in [1.82, 2.24) is 0 Å². The van der Waals surface area contributed by atoms with Crippen LogP contribution in [0.15, 0.2) is 24.3 Å². The first kappa shape index (κ1) is 16.0. The largest absolute Gasteiger partial charge is 0.326 e. The number of carbonyl (C=O) groups is 2. The zero-order valence-electron chi connectivity index (χ0n) is 12.6. The smallest absolute Gasteiger partial charge is 0.238 e. The maximum atomic E-state index is 12.0. The summed E-state index contributed by atoms with van der Waals surface area (Å²) in [6, 6.07) is 8.72. The molecule has 2 N–H and O–H groups in total. The molecule has 0 radical (unpaired) electrons. The molecule has 0 unspecified atom stereocenters. The zero-order valence-corrected chi connectivity index (χ0v) is 12.6. The van der Waals surface area contributed by atoms with E-state index in [9.17, 15) is 9.59 Å². The first-order valence-corrected chi connectivity index (χ1v) is 7.74. The first-order valence-electron chi connectivity index (χ1n) is 7.74. The van der Waals surface area contributed by atoms with Crippen molar-refractivity contribution in [3.8, 4) is 6.07 Å². The lowest BCUT2D eigenvalue weighted by molar-refractivity contribution is -0.117. The zero-order chi connectivity index (χ0) is 15.8. The van der Waals surface area contributed by atoms with Crippen molar-refractivity contribution in [2.45, 2.75) is 44.9 Å². The van der Waals surface area contributed by atoms with Crippen LogP contribution in [-0.2, 0) is 9.59 Å². The van der Waals surface area contributed by atoms with Crippen molar-refractivity contribution in [2.24, 2.45) is 5.92 Å². The first-order chi connectivity index (χ1) is 10.7. The molecule has 5 nitrogen and oxygen atoms in total. The van der Waals surface area contributed by atoms with Crippen molar-refractivity contribution < 1.29 is 9.59 Å². The van der Waals surface area contributed by atoms with E-state index in [4.69, 9.17) is 5.26 Å². The molecule has 5 heteroatoms. The SMILES string of the molecule is N#CCC(=O)Nc1ccc(NC(=O)CC2CCCCC2)cc1. The van der Waals surface area contributed by atoms with Crippen LogP contribution < -0.4 is 10.6 Å². The van der Waals surface area contributed by atoms with Gasteiger partial charge in [-0.05, 0) is 43.0 Å². The van der Waals surface area contributed by atoms with Gasteiger partial charge in [0.25, 0.3) is 0 Å². The Hall–Kier alpha value is -2.35. The van der Waals surface area contributed by atoms with Crippen LogP contribution in [0.3, 0.4) is 0 Å². The molecular weight excluding hydrogens is 278 g/mol. The second-order valence-corrected chi connectivity index (χ2v) is 5.72. The number of nitrogens with one attached hydrogen (secondary N) is 2. The third-order valence-electron chi connectivity index (χ3n) is 3.89. The van der Waals surface area contributed by atoms with Crippen LogP contribution in [0.1, 0.15) is 44.9 Å². The van der Waals surface area contributed by atoms with Gasteiger partial charge < -0.3 is 10.6 Å². The fraction of sp³-hybridized carbons (Fsp3) is 0.471. The molecule has 0 saturated heterocycles. The van der Waals surface area contributed by atoms with Gasteiger partial charge in [0.15, 0.2) is 0 Å². The number of nitrogens with zero attached hydrogens (tertiary/aromatic N) is 1. The van der Waals surface area contributed by atoms with Crippen molar-refractivity contribution in [3.05, 3.63) is 24.3 Å². The highest BCUT2D eigenvalue weighted by molar-refractivity contribution is 5.93. The van der Waals surface area contributed by atoms with Gasteiger partial charge in [0.2, 0.25) is 11.8 Å². The normalized spacial score (nSPS) is 14.9. The molecule has 0 heterocycles. The van der Waals surface area contributed by atoms with Gasteiger partial charge in [0.05, 0.1) is 6.07 Å². The van der Waals surface area contributed by atoms with Crippen LogP contribution >= 0.6 is 0 Å². The van der Waals surface area contributed by atoms with E-state index >= 15 is 0 Å². The molecule has 0 atom stereocenters. The number of amides is 2. The highest BCUT2D eigenvalue weighted by Crippen LogP contribution is 2.26. The standard InChI is InChI=1S/C17H21N3O2/c18-11-10-16(21)19-14-6-8-15(9-7-14)20-17(22)12-13-4-2-1-3-5-13/h6-9,13H,1-5,10,12H2,(H,19,21)(H,20,22). The lowest BCUT2D eigenvalue weighted by atomic mass is 9.87. The Morgan fingerprint density at radius 1 is 1.00 bits per heavy atom. The minimum absolute atomic E-state index is 0.0492. The summed E-state index contributed by atoms with van der Waals surface area (Å²) in [6.45, 7) is 0. The second kappa shape index (κ2) is 8.18. The molecule has 0 aliphatic heterocycles. The average Bonchev–Trinajstić information content (AvgIpc) is 2.50. The summed E-state index contributed by atoms with van der Waals surface area (Å²) in [5.41, 5.74) is 1.34. The molecule has 2 amide bonds. The van der Waals surface area contributed by atoms with Crippen LogP contribution in [0.2, 0.25) is 0 Å². The molecule has 0 bridgehead atoms. The fourth-order valence-electron chi connectivity index (χ4n) is 2.78. The van der Waals surface area contributed by atoms with Crippen molar-refractivity contribution >= 4 is 23.2 Å². The highest BCUT2D eigenvalue weighted by Gasteiger charge is 2.17. The molecular formula is C17H21N3O2. The van der Waals surface area contributed by atoms with Gasteiger partial charge in [0, 0.05) is 17.8 Å². The van der Waals surface area contributed by atoms with E-state index in [0.29, 0.717) is 18.0 Å². The van der Waals surface area contributed by atoms with E-state index in [1.807, 2.05) is 0 Å². The molecule has 22 heavy (non-hydrogen) atoms. The Labute approximate surface area is 130 Å². The van der Waals surface area contributed by atoms with E-state index in [2.05, 4.69) is 10.6 Å². The molecule has 0 aromatic heterocycles. The molecule has 116 valence electrons. The minimum Gasteiger partial charge on any atom is -0.326 e. The van der Waals surface area contributed by atoms with Crippen LogP contribution in [0, 0.1) is 17.2 Å². The summed E-state index contributed by atoms with van der Waals surface area (Å²) in [5, 5.41) is 13.9. The van der Waals surface area contributed by atoms with Crippen molar-refractivity contribution in [2.75, 3.05) is 10.6 Å². The second-order valence-electron chi connectivity index (χ2n) is 5.72. The number of hydrogen-bond donors (Lipinski definition) is 2. The Morgan fingerprint density at radius 3 is 2.09 bits per heavy atom. The molecule has 2 rings (SSSR count). The van der Waals surface area contributed by atoms with Gasteiger partial charge in [-0.3, -0.25) is 9.59 Å². The van der Waals surface area contributed by atoms with Crippen molar-refractivity contribution in [1.29, 1.82) is 5.26 Å². The third-order valence-corrected chi connectivity index (χ3v) is 3.89. The molecule has 1 fully saturated rings. The summed E-state index contributed by atoms with van der Waals surface area (Å²) in [6.07, 6.45) is 6.47. The molecule has 1 aliphatic rings. The number of carbonyl (C=O) groups excluding carboxylic acids is 2. The molecule has 0 spiro atoms. The number of rotatable bonds is 5. The van der Waals surface area contributed by atoms with Crippen LogP contribution in [0.25, 0.3) is 0 Å². The number of hydrogen-bond acceptors (Lipinski definition) is 3. The van der Waals surface area contributed by atoms with Crippen molar-refractivity contribution in [3.63, 3.8) is 0 Å². The van der Waals surface area contributed by atoms with Gasteiger partial charge in [-0.2, -0.15) is 5.26 Å². The van der Waals surface area contributed by atoms with E-state index in [0.717, 1.165) is 18.5 Å². The number of benzene rings is 1. The van der Waals surface area contributed by atoms with E-state index < -0.39 is 0 Å². The quantitative estimate of drug-likeness (QED) is 0.873. The maximum absolute atomic E-state index is 12.0. The summed E-state index contributed by atoms with van der Waals surface area (Å²) < 4.78 is 0. The minimum atomic E-state index is -0.336. The van der Waals surface area contributed by atoms with Gasteiger partial charge in [0.1, 0.15) is 6.42 Å². The molecule has 1 saturated carbocycles. The summed E-state index contributed by atoms with van der Waals surface area (Å²) in [7, 11) is 0. The molecule has 1 aromatic carbocycles. The van der Waals surface area contributed by atoms with Crippen LogP contribution in [0.4, 0.5) is 11.4 Å². The predicted octanol–water partition coefficient (Wildman–Crippen LogP) is 3.45. The van der Waals surface area contributed by atoms with E-state index in [1.54, 1.807) is 30.3 Å². The van der Waals surface area contributed by atoms with Gasteiger partial charge in [-0.1, -0.05) is 19.3 Å². The maximum Gasteiger partial charge on any atom is 0.238 e. The van der Waals surface area contributed by atoms with E-state index in [-0.39, 0.29) is 18.2 Å². The van der Waals surface area contributed by atoms with Gasteiger partial charge >= 0.3 is 0 Å². The van der Waals surface area contributed by atoms with Crippen LogP contribution in [-0.4, -0.2) is 11.8 Å². The van der Waals surface area contributed by atoms with Gasteiger partial charge in [-0.25, -0.2) is 0 Å². The number of nitriles is 1. The highest BCUT2D eigenvalue weighted by atomic mass is 16.2. The monoisotopic (exact) mass is 299 g/mol. The number of anilines is 2. The lowest BCUT2D eigenvalue weighted by Gasteiger charge is -2.20. The molecule has 1 aliphatic carbocycles. The summed E-state index contributed by atoms with van der Waals surface area (Å²) in [4.78, 5) is 23.3. The molecule has 1 aromatic rings.